The summed E-state index contributed by atoms with van der Waals surface area (Å²) in [4.78, 5) is 25.0. The Hall–Kier alpha value is -3.29. The van der Waals surface area contributed by atoms with Crippen LogP contribution in [0.25, 0.3) is 16.9 Å². The monoisotopic (exact) mass is 284 g/mol. The van der Waals surface area contributed by atoms with Crippen LogP contribution in [0.1, 0.15) is 10.4 Å². The standard InChI is InChI=1S/C13H8N4O4/c18-13(19)9-6-14-12-5-11(15-16(12)7-9)8-1-3-10(4-2-8)17(20)21/h1-7H,(H,18,19). The number of benzene rings is 1. The highest BCUT2D eigenvalue weighted by Crippen LogP contribution is 2.22. The van der Waals surface area contributed by atoms with E-state index in [-0.39, 0.29) is 11.3 Å². The van der Waals surface area contributed by atoms with Crippen molar-refractivity contribution in [3.8, 4) is 11.3 Å². The molecule has 3 aromatic rings. The first-order valence-electron chi connectivity index (χ1n) is 5.88. The van der Waals surface area contributed by atoms with Crippen LogP contribution in [0.2, 0.25) is 0 Å². The molecule has 0 amide bonds. The number of carboxylic acids is 1. The number of hydrogen-bond donors (Lipinski definition) is 1. The molecule has 0 bridgehead atoms. The number of nitrogens with zero attached hydrogens (tertiary/aromatic N) is 4. The summed E-state index contributed by atoms with van der Waals surface area (Å²) >= 11 is 0. The third kappa shape index (κ3) is 2.29. The van der Waals surface area contributed by atoms with Crippen molar-refractivity contribution in [2.24, 2.45) is 0 Å². The van der Waals surface area contributed by atoms with Crippen LogP contribution in [-0.2, 0) is 0 Å². The maximum atomic E-state index is 10.9. The number of rotatable bonds is 3. The molecule has 1 aromatic carbocycles. The van der Waals surface area contributed by atoms with Gasteiger partial charge >= 0.3 is 5.97 Å². The number of nitro benzene ring substituents is 1. The highest BCUT2D eigenvalue weighted by Gasteiger charge is 2.10. The number of fused-ring (bicyclic) bond motifs is 1. The van der Waals surface area contributed by atoms with Crippen molar-refractivity contribution < 1.29 is 14.8 Å². The molecule has 1 N–H and O–H groups in total. The maximum Gasteiger partial charge on any atom is 0.338 e. The molecular formula is C13H8N4O4. The Morgan fingerprint density at radius 2 is 2.00 bits per heavy atom. The third-order valence-corrected chi connectivity index (χ3v) is 2.93. The van der Waals surface area contributed by atoms with E-state index in [2.05, 4.69) is 10.1 Å². The van der Waals surface area contributed by atoms with Gasteiger partial charge in [-0.3, -0.25) is 10.1 Å². The van der Waals surface area contributed by atoms with Gasteiger partial charge in [-0.2, -0.15) is 5.10 Å². The second-order valence-electron chi connectivity index (χ2n) is 4.28. The summed E-state index contributed by atoms with van der Waals surface area (Å²) in [6.07, 6.45) is 2.61. The molecule has 104 valence electrons. The molecule has 8 heteroatoms. The number of nitro groups is 1. The molecule has 3 rings (SSSR count). The predicted molar refractivity (Wildman–Crippen MR) is 72.0 cm³/mol. The lowest BCUT2D eigenvalue weighted by molar-refractivity contribution is -0.384. The van der Waals surface area contributed by atoms with Crippen molar-refractivity contribution in [2.75, 3.05) is 0 Å². The van der Waals surface area contributed by atoms with Crippen LogP contribution in [0, 0.1) is 10.1 Å². The smallest absolute Gasteiger partial charge is 0.338 e. The van der Waals surface area contributed by atoms with Crippen LogP contribution in [-0.4, -0.2) is 30.6 Å². The van der Waals surface area contributed by atoms with Crippen LogP contribution in [0.4, 0.5) is 5.69 Å². The normalized spacial score (nSPS) is 10.7. The fourth-order valence-electron chi connectivity index (χ4n) is 1.88. The largest absolute Gasteiger partial charge is 0.478 e. The molecule has 8 nitrogen and oxygen atoms in total. The number of carbonyl (C=O) groups is 1. The van der Waals surface area contributed by atoms with E-state index in [9.17, 15) is 14.9 Å². The molecule has 0 spiro atoms. The minimum atomic E-state index is -1.09. The average molecular weight is 284 g/mol. The molecule has 0 atom stereocenters. The van der Waals surface area contributed by atoms with Gasteiger partial charge in [0.25, 0.3) is 5.69 Å². The zero-order valence-corrected chi connectivity index (χ0v) is 10.5. The van der Waals surface area contributed by atoms with Crippen LogP contribution in [0.15, 0.2) is 42.7 Å². The van der Waals surface area contributed by atoms with E-state index in [0.29, 0.717) is 16.9 Å². The van der Waals surface area contributed by atoms with Gasteiger partial charge in [-0.05, 0) is 12.1 Å². The van der Waals surface area contributed by atoms with E-state index in [0.717, 1.165) is 0 Å². The maximum absolute atomic E-state index is 10.9. The van der Waals surface area contributed by atoms with E-state index in [1.54, 1.807) is 18.2 Å². The van der Waals surface area contributed by atoms with Crippen molar-refractivity contribution >= 4 is 17.3 Å². The Bertz CT molecular complexity index is 854. The van der Waals surface area contributed by atoms with E-state index in [4.69, 9.17) is 5.11 Å². The Morgan fingerprint density at radius 3 is 2.62 bits per heavy atom. The van der Waals surface area contributed by atoms with E-state index >= 15 is 0 Å². The first-order chi connectivity index (χ1) is 10.0. The summed E-state index contributed by atoms with van der Waals surface area (Å²) in [5.74, 6) is -1.09. The molecule has 2 aromatic heterocycles. The van der Waals surface area contributed by atoms with Crippen LogP contribution < -0.4 is 0 Å². The number of non-ortho nitro benzene ring substituents is 1. The van der Waals surface area contributed by atoms with Crippen molar-refractivity contribution in [3.63, 3.8) is 0 Å². The molecule has 0 radical (unpaired) electrons. The molecule has 0 saturated heterocycles. The van der Waals surface area contributed by atoms with Crippen molar-refractivity contribution in [2.45, 2.75) is 0 Å². The number of carboxylic acid groups (broad SMARTS) is 1. The second kappa shape index (κ2) is 4.67. The van der Waals surface area contributed by atoms with Gasteiger partial charge in [0.15, 0.2) is 5.65 Å². The molecular weight excluding hydrogens is 276 g/mol. The van der Waals surface area contributed by atoms with Gasteiger partial charge in [0.1, 0.15) is 0 Å². The fraction of sp³-hybridized carbons (Fsp3) is 0. The topological polar surface area (TPSA) is 111 Å². The summed E-state index contributed by atoms with van der Waals surface area (Å²) in [6, 6.07) is 7.60. The first-order valence-corrected chi connectivity index (χ1v) is 5.88. The summed E-state index contributed by atoms with van der Waals surface area (Å²) in [6.45, 7) is 0. The van der Waals surface area contributed by atoms with Gasteiger partial charge in [-0.1, -0.05) is 0 Å². The zero-order chi connectivity index (χ0) is 15.0. The molecule has 0 unspecified atom stereocenters. The Labute approximate surface area is 117 Å². The molecule has 0 aliphatic rings. The van der Waals surface area contributed by atoms with Gasteiger partial charge in [0, 0.05) is 36.2 Å². The van der Waals surface area contributed by atoms with Crippen molar-refractivity contribution in [3.05, 3.63) is 58.4 Å². The quantitative estimate of drug-likeness (QED) is 0.581. The predicted octanol–water partition coefficient (Wildman–Crippen LogP) is 2.00. The fourth-order valence-corrected chi connectivity index (χ4v) is 1.88. The summed E-state index contributed by atoms with van der Waals surface area (Å²) in [5.41, 5.74) is 1.76. The van der Waals surface area contributed by atoms with Crippen molar-refractivity contribution in [1.29, 1.82) is 0 Å². The Kier molecular flexibility index (Phi) is 2.83. The summed E-state index contributed by atoms with van der Waals surface area (Å²) in [7, 11) is 0. The Morgan fingerprint density at radius 1 is 1.29 bits per heavy atom. The SMILES string of the molecule is O=C(O)c1cnc2cc(-c3ccc([N+](=O)[O-])cc3)nn2c1. The average Bonchev–Trinajstić information content (AvgIpc) is 2.90. The second-order valence-corrected chi connectivity index (χ2v) is 4.28. The molecule has 2 heterocycles. The highest BCUT2D eigenvalue weighted by molar-refractivity contribution is 5.87. The van der Waals surface area contributed by atoms with Gasteiger partial charge in [-0.25, -0.2) is 14.3 Å². The minimum absolute atomic E-state index is 0.00574. The lowest BCUT2D eigenvalue weighted by Crippen LogP contribution is -2.00. The zero-order valence-electron chi connectivity index (χ0n) is 10.5. The highest BCUT2D eigenvalue weighted by atomic mass is 16.6. The molecule has 21 heavy (non-hydrogen) atoms. The minimum Gasteiger partial charge on any atom is -0.478 e. The first kappa shape index (κ1) is 12.7. The van der Waals surface area contributed by atoms with Crippen LogP contribution in [0.3, 0.4) is 0 Å². The van der Waals surface area contributed by atoms with Crippen molar-refractivity contribution in [1.82, 2.24) is 14.6 Å². The van der Waals surface area contributed by atoms with Crippen LogP contribution in [0.5, 0.6) is 0 Å². The Balaban J connectivity index is 2.04. The lowest BCUT2D eigenvalue weighted by Gasteiger charge is -1.96. The van der Waals surface area contributed by atoms with Gasteiger partial charge in [0.05, 0.1) is 16.2 Å². The van der Waals surface area contributed by atoms with Gasteiger partial charge in [0.2, 0.25) is 0 Å². The number of hydrogen-bond acceptors (Lipinski definition) is 5. The van der Waals surface area contributed by atoms with E-state index in [1.807, 2.05) is 0 Å². The summed E-state index contributed by atoms with van der Waals surface area (Å²) in [5, 5.41) is 23.7. The molecule has 0 fully saturated rings. The molecule has 0 aliphatic carbocycles. The van der Waals surface area contributed by atoms with Crippen LogP contribution >= 0.6 is 0 Å². The third-order valence-electron chi connectivity index (χ3n) is 2.93. The van der Waals surface area contributed by atoms with Gasteiger partial charge in [-0.15, -0.1) is 0 Å². The number of aromatic nitrogens is 3. The number of aromatic carboxylic acids is 1. The van der Waals surface area contributed by atoms with E-state index in [1.165, 1.54) is 29.0 Å². The van der Waals surface area contributed by atoms with Gasteiger partial charge < -0.3 is 5.11 Å². The summed E-state index contributed by atoms with van der Waals surface area (Å²) < 4.78 is 1.36. The lowest BCUT2D eigenvalue weighted by atomic mass is 10.1. The molecule has 0 aliphatic heterocycles. The molecule has 0 saturated carbocycles. The van der Waals surface area contributed by atoms with E-state index < -0.39 is 10.9 Å².